The van der Waals surface area contributed by atoms with Crippen molar-refractivity contribution in [1.82, 2.24) is 10.2 Å². The molecule has 1 aliphatic heterocycles. The Morgan fingerprint density at radius 1 is 1.39 bits per heavy atom. The second-order valence-corrected chi connectivity index (χ2v) is 4.63. The first-order chi connectivity index (χ1) is 8.65. The summed E-state index contributed by atoms with van der Waals surface area (Å²) in [7, 11) is 0. The van der Waals surface area contributed by atoms with Crippen LogP contribution in [0.1, 0.15) is 12.0 Å². The lowest BCUT2D eigenvalue weighted by atomic mass is 10.0. The summed E-state index contributed by atoms with van der Waals surface area (Å²) in [6, 6.07) is 9.70. The lowest BCUT2D eigenvalue weighted by Crippen LogP contribution is -2.53. The molecule has 0 saturated carbocycles. The number of carboxylic acid groups (broad SMARTS) is 1. The molecule has 18 heavy (non-hydrogen) atoms. The normalized spacial score (nSPS) is 24.7. The second-order valence-electron chi connectivity index (χ2n) is 4.63. The Labute approximate surface area is 106 Å². The molecule has 2 rings (SSSR count). The number of piperidine rings is 1. The van der Waals surface area contributed by atoms with Crippen molar-refractivity contribution in [2.24, 2.45) is 0 Å². The molecule has 5 heteroatoms. The van der Waals surface area contributed by atoms with E-state index in [4.69, 9.17) is 5.11 Å². The van der Waals surface area contributed by atoms with Gasteiger partial charge in [0, 0.05) is 19.6 Å². The van der Waals surface area contributed by atoms with Crippen LogP contribution in [0, 0.1) is 0 Å². The van der Waals surface area contributed by atoms with Crippen molar-refractivity contribution in [2.75, 3.05) is 13.1 Å². The number of likely N-dealkylation sites (tertiary alicyclic amines) is 1. The Kier molecular flexibility index (Phi) is 4.17. The van der Waals surface area contributed by atoms with Crippen LogP contribution >= 0.6 is 0 Å². The first kappa shape index (κ1) is 12.9. The highest BCUT2D eigenvalue weighted by molar-refractivity contribution is 5.64. The molecule has 1 aromatic rings. The molecule has 1 aliphatic rings. The number of hydrogen-bond acceptors (Lipinski definition) is 3. The van der Waals surface area contributed by atoms with Gasteiger partial charge in [-0.25, -0.2) is 4.79 Å². The molecule has 0 unspecified atom stereocenters. The summed E-state index contributed by atoms with van der Waals surface area (Å²) in [5.74, 6) is 0. The van der Waals surface area contributed by atoms with E-state index in [0.717, 1.165) is 13.1 Å². The summed E-state index contributed by atoms with van der Waals surface area (Å²) in [4.78, 5) is 12.7. The van der Waals surface area contributed by atoms with E-state index in [0.29, 0.717) is 13.0 Å². The summed E-state index contributed by atoms with van der Waals surface area (Å²) in [6.45, 7) is 2.08. The van der Waals surface area contributed by atoms with E-state index in [2.05, 4.69) is 10.2 Å². The number of carbonyl (C=O) groups is 1. The predicted molar refractivity (Wildman–Crippen MR) is 67.3 cm³/mol. The van der Waals surface area contributed by atoms with Crippen molar-refractivity contribution in [3.8, 4) is 0 Å². The van der Waals surface area contributed by atoms with Crippen molar-refractivity contribution < 1.29 is 15.0 Å². The number of benzene rings is 1. The Bertz CT molecular complexity index is 396. The van der Waals surface area contributed by atoms with E-state index in [9.17, 15) is 9.90 Å². The maximum Gasteiger partial charge on any atom is 0.404 e. The van der Waals surface area contributed by atoms with Crippen LogP contribution in [0.15, 0.2) is 30.3 Å². The number of hydrogen-bond donors (Lipinski definition) is 3. The van der Waals surface area contributed by atoms with Crippen molar-refractivity contribution in [2.45, 2.75) is 25.1 Å². The van der Waals surface area contributed by atoms with Crippen molar-refractivity contribution in [1.29, 1.82) is 0 Å². The summed E-state index contributed by atoms with van der Waals surface area (Å²) in [5.41, 5.74) is 1.20. The van der Waals surface area contributed by atoms with Gasteiger partial charge in [0.2, 0.25) is 0 Å². The minimum absolute atomic E-state index is 0.352. The molecule has 1 saturated heterocycles. The average molecular weight is 250 g/mol. The molecule has 1 aromatic carbocycles. The molecule has 1 amide bonds. The van der Waals surface area contributed by atoms with Crippen LogP contribution in [0.5, 0.6) is 0 Å². The zero-order chi connectivity index (χ0) is 13.0. The maximum atomic E-state index is 10.5. The molecule has 1 fully saturated rings. The molecular weight excluding hydrogens is 232 g/mol. The number of rotatable bonds is 3. The summed E-state index contributed by atoms with van der Waals surface area (Å²) in [5, 5.41) is 20.9. The lowest BCUT2D eigenvalue weighted by Gasteiger charge is -2.35. The third-order valence-electron chi connectivity index (χ3n) is 3.22. The molecule has 0 bridgehead atoms. The number of β-amino-alcohol motifs (C(OH)–C–C–N with tert-alkyl or cyclic N) is 1. The van der Waals surface area contributed by atoms with Crippen LogP contribution in [0.4, 0.5) is 4.79 Å². The largest absolute Gasteiger partial charge is 0.465 e. The quantitative estimate of drug-likeness (QED) is 0.745. The van der Waals surface area contributed by atoms with Crippen LogP contribution in [0.3, 0.4) is 0 Å². The Hall–Kier alpha value is -1.59. The van der Waals surface area contributed by atoms with Gasteiger partial charge in [-0.05, 0) is 12.0 Å². The minimum atomic E-state index is -1.07. The van der Waals surface area contributed by atoms with Crippen LogP contribution in [-0.4, -0.2) is 46.4 Å². The van der Waals surface area contributed by atoms with Gasteiger partial charge in [0.15, 0.2) is 0 Å². The average Bonchev–Trinajstić information content (AvgIpc) is 2.33. The van der Waals surface area contributed by atoms with Gasteiger partial charge in [-0.3, -0.25) is 4.90 Å². The maximum absolute atomic E-state index is 10.5. The monoisotopic (exact) mass is 250 g/mol. The fraction of sp³-hybridized carbons (Fsp3) is 0.462. The van der Waals surface area contributed by atoms with E-state index >= 15 is 0 Å². The van der Waals surface area contributed by atoms with E-state index < -0.39 is 12.2 Å². The van der Waals surface area contributed by atoms with Gasteiger partial charge in [-0.2, -0.15) is 0 Å². The van der Waals surface area contributed by atoms with Gasteiger partial charge >= 0.3 is 6.09 Å². The molecule has 0 radical (unpaired) electrons. The first-order valence-electron chi connectivity index (χ1n) is 6.09. The SMILES string of the molecule is O=C(O)N[C@@H]1CCN(Cc2ccccc2)C[C@H]1O. The summed E-state index contributed by atoms with van der Waals surface area (Å²) < 4.78 is 0. The molecule has 3 N–H and O–H groups in total. The Morgan fingerprint density at radius 3 is 2.72 bits per heavy atom. The van der Waals surface area contributed by atoms with E-state index in [1.165, 1.54) is 5.56 Å². The highest BCUT2D eigenvalue weighted by Crippen LogP contribution is 2.14. The fourth-order valence-corrected chi connectivity index (χ4v) is 2.31. The molecule has 0 aliphatic carbocycles. The van der Waals surface area contributed by atoms with Gasteiger partial charge in [0.25, 0.3) is 0 Å². The number of nitrogens with zero attached hydrogens (tertiary/aromatic N) is 1. The summed E-state index contributed by atoms with van der Waals surface area (Å²) in [6.07, 6.45) is -1.07. The molecule has 1 heterocycles. The highest BCUT2D eigenvalue weighted by atomic mass is 16.4. The number of amides is 1. The molecule has 0 aromatic heterocycles. The van der Waals surface area contributed by atoms with Gasteiger partial charge in [0.1, 0.15) is 0 Å². The van der Waals surface area contributed by atoms with Crippen molar-refractivity contribution in [3.63, 3.8) is 0 Å². The molecule has 0 spiro atoms. The van der Waals surface area contributed by atoms with Gasteiger partial charge in [-0.15, -0.1) is 0 Å². The Balaban J connectivity index is 1.86. The fourth-order valence-electron chi connectivity index (χ4n) is 2.31. The van der Waals surface area contributed by atoms with Crippen LogP contribution < -0.4 is 5.32 Å². The van der Waals surface area contributed by atoms with Gasteiger partial charge in [-0.1, -0.05) is 30.3 Å². The van der Waals surface area contributed by atoms with Gasteiger partial charge < -0.3 is 15.5 Å². The number of aliphatic hydroxyl groups is 1. The zero-order valence-corrected chi connectivity index (χ0v) is 10.1. The third kappa shape index (κ3) is 3.45. The molecule has 5 nitrogen and oxygen atoms in total. The molecule has 98 valence electrons. The van der Waals surface area contributed by atoms with Crippen molar-refractivity contribution in [3.05, 3.63) is 35.9 Å². The number of aliphatic hydroxyl groups excluding tert-OH is 1. The second kappa shape index (κ2) is 5.84. The van der Waals surface area contributed by atoms with Crippen LogP contribution in [0.2, 0.25) is 0 Å². The smallest absolute Gasteiger partial charge is 0.404 e. The lowest BCUT2D eigenvalue weighted by molar-refractivity contribution is 0.0374. The third-order valence-corrected chi connectivity index (χ3v) is 3.22. The molecule has 2 atom stereocenters. The zero-order valence-electron chi connectivity index (χ0n) is 10.1. The Morgan fingerprint density at radius 2 is 2.11 bits per heavy atom. The molecular formula is C13H18N2O3. The van der Waals surface area contributed by atoms with E-state index in [-0.39, 0.29) is 6.04 Å². The topological polar surface area (TPSA) is 72.8 Å². The predicted octanol–water partition coefficient (Wildman–Crippen LogP) is 0.889. The highest BCUT2D eigenvalue weighted by Gasteiger charge is 2.28. The van der Waals surface area contributed by atoms with Crippen molar-refractivity contribution >= 4 is 6.09 Å². The van der Waals surface area contributed by atoms with E-state index in [1.54, 1.807) is 0 Å². The van der Waals surface area contributed by atoms with Crippen LogP contribution in [0.25, 0.3) is 0 Å². The van der Waals surface area contributed by atoms with E-state index in [1.807, 2.05) is 30.3 Å². The standard InChI is InChI=1S/C13H18N2O3/c16-12-9-15(7-6-11(12)14-13(17)18)8-10-4-2-1-3-5-10/h1-5,11-12,14,16H,6-9H2,(H,17,18)/t11-,12-/m1/s1. The van der Waals surface area contributed by atoms with Crippen LogP contribution in [-0.2, 0) is 6.54 Å². The number of nitrogens with one attached hydrogen (secondary N) is 1. The first-order valence-corrected chi connectivity index (χ1v) is 6.09. The minimum Gasteiger partial charge on any atom is -0.465 e. The van der Waals surface area contributed by atoms with Gasteiger partial charge in [0.05, 0.1) is 12.1 Å². The summed E-state index contributed by atoms with van der Waals surface area (Å²) >= 11 is 0.